The van der Waals surface area contributed by atoms with Crippen molar-refractivity contribution in [3.63, 3.8) is 0 Å². The molecule has 0 radical (unpaired) electrons. The van der Waals surface area contributed by atoms with E-state index in [0.717, 1.165) is 21.4 Å². The van der Waals surface area contributed by atoms with E-state index in [9.17, 15) is 4.79 Å². The summed E-state index contributed by atoms with van der Waals surface area (Å²) in [6.45, 7) is 0.323. The first-order valence-corrected chi connectivity index (χ1v) is 8.98. The number of imidazole rings is 1. The molecule has 6 nitrogen and oxygen atoms in total. The fraction of sp³-hybridized carbons (Fsp3) is 0.0556. The summed E-state index contributed by atoms with van der Waals surface area (Å²) in [5, 5.41) is 10.4. The first kappa shape index (κ1) is 16.8. The van der Waals surface area contributed by atoms with Crippen LogP contribution in [0.1, 0.15) is 16.2 Å². The molecule has 0 bridgehead atoms. The Balaban J connectivity index is 1.46. The van der Waals surface area contributed by atoms with Crippen LogP contribution in [-0.2, 0) is 6.54 Å². The van der Waals surface area contributed by atoms with Crippen LogP contribution in [0.25, 0.3) is 16.9 Å². The van der Waals surface area contributed by atoms with Crippen molar-refractivity contribution in [3.8, 4) is 11.3 Å². The Morgan fingerprint density at radius 2 is 2.12 bits per heavy atom. The van der Waals surface area contributed by atoms with Crippen LogP contribution in [0, 0.1) is 0 Å². The van der Waals surface area contributed by atoms with Crippen LogP contribution < -0.4 is 5.32 Å². The molecule has 3 aromatic heterocycles. The average molecular weight is 431 g/mol. The van der Waals surface area contributed by atoms with Gasteiger partial charge in [-0.05, 0) is 46.3 Å². The van der Waals surface area contributed by atoms with Gasteiger partial charge in [0.2, 0.25) is 0 Å². The van der Waals surface area contributed by atoms with Crippen LogP contribution in [0.4, 0.5) is 0 Å². The van der Waals surface area contributed by atoms with Crippen molar-refractivity contribution in [1.29, 1.82) is 0 Å². The van der Waals surface area contributed by atoms with Crippen LogP contribution in [0.2, 0.25) is 5.02 Å². The van der Waals surface area contributed by atoms with Crippen LogP contribution in [-0.4, -0.2) is 25.5 Å². The quantitative estimate of drug-likeness (QED) is 0.512. The molecule has 2 N–H and O–H groups in total. The van der Waals surface area contributed by atoms with Crippen LogP contribution in [0.15, 0.2) is 59.3 Å². The number of aromatic nitrogens is 4. The standard InChI is InChI=1S/C18H13BrClN5O/c19-12-4-5-17-22-14(10-25(17)9-12)8-21-18(26)16-7-15(23-24-16)11-2-1-3-13(20)6-11/h1-7,9-10H,8H2,(H,21,26)(H,23,24). The van der Waals surface area contributed by atoms with Gasteiger partial charge in [0.05, 0.1) is 17.9 Å². The van der Waals surface area contributed by atoms with Crippen LogP contribution >= 0.6 is 27.5 Å². The number of fused-ring (bicyclic) bond motifs is 1. The Morgan fingerprint density at radius 1 is 1.23 bits per heavy atom. The SMILES string of the molecule is O=C(NCc1cn2cc(Br)ccc2n1)c1cc(-c2cccc(Cl)c2)n[nH]1. The van der Waals surface area contributed by atoms with Gasteiger partial charge in [-0.2, -0.15) is 5.10 Å². The highest BCUT2D eigenvalue weighted by atomic mass is 79.9. The number of rotatable bonds is 4. The molecule has 0 saturated carbocycles. The molecular formula is C18H13BrClN5O. The average Bonchev–Trinajstić information content (AvgIpc) is 3.26. The van der Waals surface area contributed by atoms with Crippen molar-refractivity contribution in [2.75, 3.05) is 0 Å². The third-order valence-electron chi connectivity index (χ3n) is 3.84. The zero-order valence-electron chi connectivity index (χ0n) is 13.4. The van der Waals surface area contributed by atoms with Gasteiger partial charge < -0.3 is 9.72 Å². The summed E-state index contributed by atoms with van der Waals surface area (Å²) in [7, 11) is 0. The van der Waals surface area contributed by atoms with E-state index in [-0.39, 0.29) is 5.91 Å². The number of H-pyrrole nitrogens is 1. The second-order valence-corrected chi connectivity index (χ2v) is 7.06. The molecular weight excluding hydrogens is 418 g/mol. The maximum absolute atomic E-state index is 12.3. The van der Waals surface area contributed by atoms with Gasteiger partial charge in [0.15, 0.2) is 0 Å². The van der Waals surface area contributed by atoms with E-state index in [1.54, 1.807) is 18.2 Å². The minimum atomic E-state index is -0.246. The Hall–Kier alpha value is -2.64. The molecule has 3 heterocycles. The Morgan fingerprint density at radius 3 is 2.96 bits per heavy atom. The van der Waals surface area contributed by atoms with Gasteiger partial charge in [-0.3, -0.25) is 9.89 Å². The number of carbonyl (C=O) groups excluding carboxylic acids is 1. The second kappa shape index (κ2) is 6.93. The molecule has 0 unspecified atom stereocenters. The molecule has 4 aromatic rings. The molecule has 26 heavy (non-hydrogen) atoms. The second-order valence-electron chi connectivity index (χ2n) is 5.70. The minimum Gasteiger partial charge on any atom is -0.345 e. The van der Waals surface area contributed by atoms with Crippen molar-refractivity contribution in [2.45, 2.75) is 6.54 Å². The number of aromatic amines is 1. The highest BCUT2D eigenvalue weighted by Crippen LogP contribution is 2.21. The van der Waals surface area contributed by atoms with Gasteiger partial charge in [-0.25, -0.2) is 4.98 Å². The maximum Gasteiger partial charge on any atom is 0.269 e. The van der Waals surface area contributed by atoms with E-state index in [0.29, 0.717) is 23.0 Å². The lowest BCUT2D eigenvalue weighted by Gasteiger charge is -2.00. The molecule has 1 amide bonds. The molecule has 4 rings (SSSR count). The van der Waals surface area contributed by atoms with Crippen molar-refractivity contribution in [2.24, 2.45) is 0 Å². The molecule has 0 fully saturated rings. The van der Waals surface area contributed by atoms with Gasteiger partial charge in [-0.1, -0.05) is 23.7 Å². The number of halogens is 2. The number of hydrogen-bond acceptors (Lipinski definition) is 3. The normalized spacial score (nSPS) is 11.0. The van der Waals surface area contributed by atoms with E-state index in [4.69, 9.17) is 11.6 Å². The van der Waals surface area contributed by atoms with E-state index >= 15 is 0 Å². The van der Waals surface area contributed by atoms with Gasteiger partial charge in [0, 0.05) is 27.5 Å². The largest absolute Gasteiger partial charge is 0.345 e. The van der Waals surface area contributed by atoms with Crippen molar-refractivity contribution in [3.05, 3.63) is 75.7 Å². The number of nitrogens with one attached hydrogen (secondary N) is 2. The number of pyridine rings is 1. The number of carbonyl (C=O) groups is 1. The monoisotopic (exact) mass is 429 g/mol. The zero-order chi connectivity index (χ0) is 18.1. The molecule has 0 aliphatic carbocycles. The fourth-order valence-electron chi connectivity index (χ4n) is 2.60. The molecule has 0 spiro atoms. The predicted octanol–water partition coefficient (Wildman–Crippen LogP) is 4.07. The highest BCUT2D eigenvalue weighted by Gasteiger charge is 2.12. The molecule has 0 atom stereocenters. The molecule has 0 saturated heterocycles. The Kier molecular flexibility index (Phi) is 4.48. The molecule has 8 heteroatoms. The topological polar surface area (TPSA) is 75.1 Å². The Labute approximate surface area is 162 Å². The number of nitrogens with zero attached hydrogens (tertiary/aromatic N) is 3. The van der Waals surface area contributed by atoms with Crippen molar-refractivity contribution >= 4 is 39.1 Å². The van der Waals surface area contributed by atoms with E-state index < -0.39 is 0 Å². The predicted molar refractivity (Wildman–Crippen MR) is 103 cm³/mol. The summed E-state index contributed by atoms with van der Waals surface area (Å²) in [5.41, 5.74) is 3.48. The molecule has 0 aliphatic heterocycles. The van der Waals surface area contributed by atoms with Crippen molar-refractivity contribution < 1.29 is 4.79 Å². The number of benzene rings is 1. The lowest BCUT2D eigenvalue weighted by molar-refractivity contribution is 0.0945. The fourth-order valence-corrected chi connectivity index (χ4v) is 3.15. The van der Waals surface area contributed by atoms with Gasteiger partial charge in [0.1, 0.15) is 11.3 Å². The lowest BCUT2D eigenvalue weighted by Crippen LogP contribution is -2.23. The zero-order valence-corrected chi connectivity index (χ0v) is 15.8. The van der Waals surface area contributed by atoms with E-state index in [2.05, 4.69) is 36.4 Å². The summed E-state index contributed by atoms with van der Waals surface area (Å²) >= 11 is 9.42. The summed E-state index contributed by atoms with van der Waals surface area (Å²) in [6.07, 6.45) is 3.80. The van der Waals surface area contributed by atoms with Gasteiger partial charge in [0.25, 0.3) is 5.91 Å². The number of hydrogen-bond donors (Lipinski definition) is 2. The van der Waals surface area contributed by atoms with Crippen LogP contribution in [0.5, 0.6) is 0 Å². The smallest absolute Gasteiger partial charge is 0.269 e. The summed E-state index contributed by atoms with van der Waals surface area (Å²) in [5.74, 6) is -0.246. The maximum atomic E-state index is 12.3. The first-order chi connectivity index (χ1) is 12.6. The van der Waals surface area contributed by atoms with E-state index in [1.165, 1.54) is 0 Å². The van der Waals surface area contributed by atoms with Gasteiger partial charge >= 0.3 is 0 Å². The highest BCUT2D eigenvalue weighted by molar-refractivity contribution is 9.10. The number of amides is 1. The summed E-state index contributed by atoms with van der Waals surface area (Å²) < 4.78 is 2.86. The van der Waals surface area contributed by atoms with Crippen LogP contribution in [0.3, 0.4) is 0 Å². The summed E-state index contributed by atoms with van der Waals surface area (Å²) in [6, 6.07) is 12.8. The molecule has 1 aromatic carbocycles. The third-order valence-corrected chi connectivity index (χ3v) is 4.54. The minimum absolute atomic E-state index is 0.246. The third kappa shape index (κ3) is 3.49. The molecule has 130 valence electrons. The van der Waals surface area contributed by atoms with Crippen molar-refractivity contribution in [1.82, 2.24) is 24.9 Å². The Bertz CT molecular complexity index is 1100. The summed E-state index contributed by atoms with van der Waals surface area (Å²) in [4.78, 5) is 16.8. The van der Waals surface area contributed by atoms with Gasteiger partial charge in [-0.15, -0.1) is 0 Å². The lowest BCUT2D eigenvalue weighted by atomic mass is 10.1. The first-order valence-electron chi connectivity index (χ1n) is 7.81. The van der Waals surface area contributed by atoms with E-state index in [1.807, 2.05) is 41.1 Å². The molecule has 0 aliphatic rings.